The molecule has 0 aliphatic rings. The molecular formula is C63H120O6. The molecule has 6 nitrogen and oxygen atoms in total. The average molecular weight is 974 g/mol. The Kier molecular flexibility index (Phi) is 57.1. The number of carbonyl (C=O) groups excluding carboxylic acids is 3. The van der Waals surface area contributed by atoms with Gasteiger partial charge in [-0.3, -0.25) is 14.4 Å². The number of hydrogen-bond donors (Lipinski definition) is 0. The van der Waals surface area contributed by atoms with Gasteiger partial charge in [0, 0.05) is 19.3 Å². The molecule has 0 saturated carbocycles. The van der Waals surface area contributed by atoms with Crippen molar-refractivity contribution in [1.29, 1.82) is 0 Å². The first kappa shape index (κ1) is 67.1. The topological polar surface area (TPSA) is 78.9 Å². The third kappa shape index (κ3) is 56.9. The summed E-state index contributed by atoms with van der Waals surface area (Å²) in [6, 6.07) is 0. The van der Waals surface area contributed by atoms with Crippen molar-refractivity contribution >= 4 is 17.9 Å². The molecule has 0 radical (unpaired) electrons. The molecule has 0 aromatic heterocycles. The van der Waals surface area contributed by atoms with E-state index in [9.17, 15) is 14.4 Å². The van der Waals surface area contributed by atoms with Crippen molar-refractivity contribution in [1.82, 2.24) is 0 Å². The second-order valence-electron chi connectivity index (χ2n) is 21.3. The van der Waals surface area contributed by atoms with E-state index in [0.717, 1.165) is 64.2 Å². The number of unbranched alkanes of at least 4 members (excludes halogenated alkanes) is 45. The minimum atomic E-state index is -0.768. The van der Waals surface area contributed by atoms with E-state index in [-0.39, 0.29) is 31.1 Å². The summed E-state index contributed by atoms with van der Waals surface area (Å²) in [4.78, 5) is 38.2. The van der Waals surface area contributed by atoms with Crippen molar-refractivity contribution in [2.24, 2.45) is 0 Å². The minimum Gasteiger partial charge on any atom is -0.462 e. The molecule has 408 valence electrons. The minimum absolute atomic E-state index is 0.0662. The molecule has 0 saturated heterocycles. The van der Waals surface area contributed by atoms with E-state index in [0.29, 0.717) is 19.3 Å². The molecule has 1 unspecified atom stereocenters. The van der Waals surface area contributed by atoms with E-state index >= 15 is 0 Å². The highest BCUT2D eigenvalue weighted by Gasteiger charge is 2.19. The van der Waals surface area contributed by atoms with Crippen LogP contribution in [0.15, 0.2) is 12.2 Å². The van der Waals surface area contributed by atoms with Gasteiger partial charge < -0.3 is 14.2 Å². The van der Waals surface area contributed by atoms with Crippen LogP contribution in [0.2, 0.25) is 0 Å². The summed E-state index contributed by atoms with van der Waals surface area (Å²) in [5.74, 6) is -0.847. The lowest BCUT2D eigenvalue weighted by molar-refractivity contribution is -0.167. The maximum absolute atomic E-state index is 12.9. The second-order valence-corrected chi connectivity index (χ2v) is 21.3. The summed E-state index contributed by atoms with van der Waals surface area (Å²) in [5.41, 5.74) is 0. The molecule has 1 atom stereocenters. The molecule has 0 heterocycles. The normalized spacial score (nSPS) is 12.0. The van der Waals surface area contributed by atoms with Gasteiger partial charge in [-0.05, 0) is 44.9 Å². The number of ether oxygens (including phenoxy) is 3. The summed E-state index contributed by atoms with van der Waals surface area (Å²) in [6.07, 6.45) is 67.9. The highest BCUT2D eigenvalue weighted by Crippen LogP contribution is 2.18. The zero-order valence-corrected chi connectivity index (χ0v) is 46.9. The van der Waals surface area contributed by atoms with E-state index in [1.807, 2.05) is 0 Å². The van der Waals surface area contributed by atoms with Gasteiger partial charge in [0.1, 0.15) is 13.2 Å². The summed E-state index contributed by atoms with van der Waals surface area (Å²) >= 11 is 0. The first-order chi connectivity index (χ1) is 34.0. The lowest BCUT2D eigenvalue weighted by Crippen LogP contribution is -2.30. The van der Waals surface area contributed by atoms with Crippen molar-refractivity contribution in [2.45, 2.75) is 361 Å². The number of rotatable bonds is 58. The predicted molar refractivity (Wildman–Crippen MR) is 298 cm³/mol. The quantitative estimate of drug-likeness (QED) is 0.0261. The molecule has 0 aromatic carbocycles. The zero-order chi connectivity index (χ0) is 50.0. The fraction of sp³-hybridized carbons (Fsp3) is 0.921. The molecule has 0 fully saturated rings. The van der Waals surface area contributed by atoms with Crippen LogP contribution < -0.4 is 0 Å². The highest BCUT2D eigenvalue weighted by molar-refractivity contribution is 5.71. The maximum atomic E-state index is 12.9. The molecule has 0 aliphatic heterocycles. The predicted octanol–water partition coefficient (Wildman–Crippen LogP) is 20.9. The molecular weight excluding hydrogens is 853 g/mol. The lowest BCUT2D eigenvalue weighted by Gasteiger charge is -2.18. The van der Waals surface area contributed by atoms with Crippen LogP contribution in [-0.2, 0) is 28.6 Å². The molecule has 0 bridgehead atoms. The molecule has 0 aliphatic carbocycles. The fourth-order valence-corrected chi connectivity index (χ4v) is 9.56. The van der Waals surface area contributed by atoms with Crippen LogP contribution in [0.5, 0.6) is 0 Å². The fourth-order valence-electron chi connectivity index (χ4n) is 9.56. The number of esters is 3. The molecule has 0 amide bonds. The molecule has 0 spiro atoms. The standard InChI is InChI=1S/C63H120O6/c1-4-7-10-13-16-19-22-25-27-29-31-33-34-36-38-41-44-47-50-53-56-62(65)68-59-60(58-67-61(64)55-52-49-46-43-40-24-21-18-15-12-9-6-3)69-63(66)57-54-51-48-45-42-39-37-35-32-30-28-26-23-20-17-14-11-8-5-2/h18,21,60H,4-17,19-20,22-59H2,1-3H3/b21-18-. The summed E-state index contributed by atoms with van der Waals surface area (Å²) in [6.45, 7) is 6.68. The summed E-state index contributed by atoms with van der Waals surface area (Å²) in [7, 11) is 0. The van der Waals surface area contributed by atoms with Crippen molar-refractivity contribution in [3.8, 4) is 0 Å². The van der Waals surface area contributed by atoms with Gasteiger partial charge in [0.05, 0.1) is 0 Å². The third-order valence-corrected chi connectivity index (χ3v) is 14.3. The molecule has 0 rings (SSSR count). The van der Waals surface area contributed by atoms with Crippen molar-refractivity contribution in [3.05, 3.63) is 12.2 Å². The van der Waals surface area contributed by atoms with Crippen LogP contribution >= 0.6 is 0 Å². The van der Waals surface area contributed by atoms with Gasteiger partial charge in [0.2, 0.25) is 0 Å². The van der Waals surface area contributed by atoms with Crippen LogP contribution in [0.25, 0.3) is 0 Å². The van der Waals surface area contributed by atoms with Crippen molar-refractivity contribution < 1.29 is 28.6 Å². The Labute approximate surface area is 431 Å². The summed E-state index contributed by atoms with van der Waals surface area (Å²) in [5, 5.41) is 0. The van der Waals surface area contributed by atoms with Crippen molar-refractivity contribution in [3.63, 3.8) is 0 Å². The monoisotopic (exact) mass is 973 g/mol. The van der Waals surface area contributed by atoms with E-state index < -0.39 is 6.10 Å². The molecule has 69 heavy (non-hydrogen) atoms. The van der Waals surface area contributed by atoms with E-state index in [2.05, 4.69) is 32.9 Å². The Morgan fingerprint density at radius 1 is 0.275 bits per heavy atom. The Bertz CT molecular complexity index is 1070. The maximum Gasteiger partial charge on any atom is 0.306 e. The third-order valence-electron chi connectivity index (χ3n) is 14.3. The largest absolute Gasteiger partial charge is 0.462 e. The molecule has 0 N–H and O–H groups in total. The van der Waals surface area contributed by atoms with E-state index in [1.165, 1.54) is 250 Å². The Morgan fingerprint density at radius 3 is 0.754 bits per heavy atom. The Hall–Kier alpha value is -1.85. The van der Waals surface area contributed by atoms with Gasteiger partial charge in [-0.1, -0.05) is 303 Å². The summed E-state index contributed by atoms with van der Waals surface area (Å²) < 4.78 is 16.9. The van der Waals surface area contributed by atoms with Gasteiger partial charge in [0.25, 0.3) is 0 Å². The number of hydrogen-bond acceptors (Lipinski definition) is 6. The van der Waals surface area contributed by atoms with Crippen LogP contribution in [0.1, 0.15) is 355 Å². The van der Waals surface area contributed by atoms with Gasteiger partial charge in [-0.15, -0.1) is 0 Å². The number of carbonyl (C=O) groups is 3. The first-order valence-corrected chi connectivity index (χ1v) is 31.2. The van der Waals surface area contributed by atoms with Crippen LogP contribution in [0.3, 0.4) is 0 Å². The van der Waals surface area contributed by atoms with Gasteiger partial charge in [-0.25, -0.2) is 0 Å². The van der Waals surface area contributed by atoms with Crippen LogP contribution in [0.4, 0.5) is 0 Å². The SMILES string of the molecule is CCCCC/C=C\CCCCCCCC(=O)OCC(COC(=O)CCCCCCCCCCCCCCCCCCCCCC)OC(=O)CCCCCCCCCCCCCCCCCCCCC. The highest BCUT2D eigenvalue weighted by atomic mass is 16.6. The van der Waals surface area contributed by atoms with Gasteiger partial charge in [0.15, 0.2) is 6.10 Å². The van der Waals surface area contributed by atoms with Gasteiger partial charge in [-0.2, -0.15) is 0 Å². The lowest BCUT2D eigenvalue weighted by atomic mass is 10.0. The smallest absolute Gasteiger partial charge is 0.306 e. The van der Waals surface area contributed by atoms with E-state index in [4.69, 9.17) is 14.2 Å². The number of allylic oxidation sites excluding steroid dienone is 2. The first-order valence-electron chi connectivity index (χ1n) is 31.2. The second kappa shape index (κ2) is 58.7. The van der Waals surface area contributed by atoms with Crippen molar-refractivity contribution in [2.75, 3.05) is 13.2 Å². The zero-order valence-electron chi connectivity index (χ0n) is 46.9. The Morgan fingerprint density at radius 2 is 0.478 bits per heavy atom. The van der Waals surface area contributed by atoms with Crippen LogP contribution in [0, 0.1) is 0 Å². The average Bonchev–Trinajstić information content (AvgIpc) is 3.35. The molecule has 6 heteroatoms. The Balaban J connectivity index is 4.25. The van der Waals surface area contributed by atoms with Crippen LogP contribution in [-0.4, -0.2) is 37.2 Å². The van der Waals surface area contributed by atoms with E-state index in [1.54, 1.807) is 0 Å². The molecule has 0 aromatic rings. The van der Waals surface area contributed by atoms with Gasteiger partial charge >= 0.3 is 17.9 Å².